The Bertz CT molecular complexity index is 540. The molecule has 0 aromatic heterocycles. The molecule has 1 atom stereocenters. The van der Waals surface area contributed by atoms with E-state index in [1.54, 1.807) is 0 Å². The smallest absolute Gasteiger partial charge is 0.327 e. The number of rotatable bonds is 4. The Hall–Kier alpha value is -2.62. The van der Waals surface area contributed by atoms with Gasteiger partial charge in [0.15, 0.2) is 0 Å². The fraction of sp³-hybridized carbons (Fsp3) is 0.167. The molecule has 1 aromatic carbocycles. The number of carbonyl (C=O) groups is 2. The molecule has 0 saturated heterocycles. The van der Waals surface area contributed by atoms with Crippen LogP contribution in [0, 0.1) is 24.0 Å². The maximum absolute atomic E-state index is 13.2. The van der Waals surface area contributed by atoms with Crippen molar-refractivity contribution in [2.45, 2.75) is 12.5 Å². The number of amides is 2. The number of carboxylic acid groups (broad SMARTS) is 1. The summed E-state index contributed by atoms with van der Waals surface area (Å²) in [6.07, 6.45) is 4.72. The molecule has 0 aliphatic heterocycles. The van der Waals surface area contributed by atoms with Crippen molar-refractivity contribution in [3.8, 4) is 12.3 Å². The fourth-order valence-electron chi connectivity index (χ4n) is 1.23. The maximum Gasteiger partial charge on any atom is 0.327 e. The number of nitrogens with one attached hydrogen (secondary N) is 2. The van der Waals surface area contributed by atoms with Gasteiger partial charge >= 0.3 is 12.0 Å². The molecular formula is C12H10F2N2O3. The molecule has 0 spiro atoms. The standard InChI is InChI=1S/C12H10F2N2O3/c1-2-3-9(11(17)18)15-12(19)16-10-6-7(13)4-5-8(10)14/h1,4-6,9H,3H2,(H,17,18)(H2,15,16,19). The lowest BCUT2D eigenvalue weighted by Gasteiger charge is -2.13. The average molecular weight is 268 g/mol. The lowest BCUT2D eigenvalue weighted by Crippen LogP contribution is -2.42. The van der Waals surface area contributed by atoms with E-state index in [0.29, 0.717) is 0 Å². The number of hydrogen-bond donors (Lipinski definition) is 3. The Balaban J connectivity index is 2.72. The topological polar surface area (TPSA) is 78.4 Å². The average Bonchev–Trinajstić information content (AvgIpc) is 2.33. The number of terminal acetylenes is 1. The summed E-state index contributed by atoms with van der Waals surface area (Å²) in [6.45, 7) is 0. The number of carboxylic acids is 1. The van der Waals surface area contributed by atoms with Crippen LogP contribution in [-0.4, -0.2) is 23.1 Å². The minimum atomic E-state index is -1.33. The first-order chi connectivity index (χ1) is 8.93. The largest absolute Gasteiger partial charge is 0.480 e. The van der Waals surface area contributed by atoms with Gasteiger partial charge in [-0.15, -0.1) is 12.3 Å². The first-order valence-corrected chi connectivity index (χ1v) is 5.13. The van der Waals surface area contributed by atoms with E-state index in [9.17, 15) is 18.4 Å². The van der Waals surface area contributed by atoms with Gasteiger partial charge in [0.1, 0.15) is 17.7 Å². The molecule has 100 valence electrons. The molecule has 0 fully saturated rings. The molecule has 0 saturated carbocycles. The van der Waals surface area contributed by atoms with Crippen molar-refractivity contribution < 1.29 is 23.5 Å². The Labute approximate surface area is 107 Å². The molecule has 1 aromatic rings. The Morgan fingerprint density at radius 2 is 2.11 bits per heavy atom. The molecule has 1 rings (SSSR count). The van der Waals surface area contributed by atoms with Crippen LogP contribution >= 0.6 is 0 Å². The van der Waals surface area contributed by atoms with E-state index >= 15 is 0 Å². The van der Waals surface area contributed by atoms with Gasteiger partial charge in [-0.3, -0.25) is 0 Å². The van der Waals surface area contributed by atoms with Crippen molar-refractivity contribution in [3.63, 3.8) is 0 Å². The summed E-state index contributed by atoms with van der Waals surface area (Å²) in [4.78, 5) is 22.1. The molecule has 3 N–H and O–H groups in total. The zero-order valence-corrected chi connectivity index (χ0v) is 9.61. The van der Waals surface area contributed by atoms with Gasteiger partial charge in [-0.2, -0.15) is 0 Å². The number of benzene rings is 1. The summed E-state index contributed by atoms with van der Waals surface area (Å²) in [7, 11) is 0. The molecule has 0 bridgehead atoms. The third-order valence-electron chi connectivity index (χ3n) is 2.10. The van der Waals surface area contributed by atoms with Crippen LogP contribution in [0.4, 0.5) is 19.3 Å². The van der Waals surface area contributed by atoms with Crippen LogP contribution < -0.4 is 10.6 Å². The highest BCUT2D eigenvalue weighted by Gasteiger charge is 2.19. The summed E-state index contributed by atoms with van der Waals surface area (Å²) in [5, 5.41) is 12.8. The second-order valence-electron chi connectivity index (χ2n) is 3.52. The van der Waals surface area contributed by atoms with E-state index in [4.69, 9.17) is 11.5 Å². The van der Waals surface area contributed by atoms with Gasteiger partial charge in [0.2, 0.25) is 0 Å². The number of carbonyl (C=O) groups excluding carboxylic acids is 1. The summed E-state index contributed by atoms with van der Waals surface area (Å²) >= 11 is 0. The SMILES string of the molecule is C#CCC(NC(=O)Nc1cc(F)ccc1F)C(=O)O. The second-order valence-corrected chi connectivity index (χ2v) is 3.52. The van der Waals surface area contributed by atoms with Gasteiger partial charge in [0.05, 0.1) is 5.69 Å². The summed E-state index contributed by atoms with van der Waals surface area (Å²) in [5.41, 5.74) is -0.401. The number of halogens is 2. The zero-order valence-electron chi connectivity index (χ0n) is 9.61. The highest BCUT2D eigenvalue weighted by Crippen LogP contribution is 2.14. The molecule has 0 aliphatic rings. The third-order valence-corrected chi connectivity index (χ3v) is 2.10. The summed E-state index contributed by atoms with van der Waals surface area (Å²) in [6, 6.07) is 0.192. The first kappa shape index (κ1) is 14.4. The molecule has 7 heteroatoms. The lowest BCUT2D eigenvalue weighted by molar-refractivity contribution is -0.139. The van der Waals surface area contributed by atoms with Crippen molar-refractivity contribution in [1.29, 1.82) is 0 Å². The quantitative estimate of drug-likeness (QED) is 0.725. The molecule has 19 heavy (non-hydrogen) atoms. The highest BCUT2D eigenvalue weighted by atomic mass is 19.1. The molecule has 0 heterocycles. The molecular weight excluding hydrogens is 258 g/mol. The molecule has 0 aliphatic carbocycles. The first-order valence-electron chi connectivity index (χ1n) is 5.13. The number of aliphatic carboxylic acids is 1. The van der Waals surface area contributed by atoms with Crippen LogP contribution in [0.2, 0.25) is 0 Å². The predicted molar refractivity (Wildman–Crippen MR) is 63.4 cm³/mol. The van der Waals surface area contributed by atoms with E-state index in [0.717, 1.165) is 18.2 Å². The summed E-state index contributed by atoms with van der Waals surface area (Å²) in [5.74, 6) is -0.832. The normalized spacial score (nSPS) is 11.2. The minimum absolute atomic E-state index is 0.228. The van der Waals surface area contributed by atoms with E-state index in [1.807, 2.05) is 10.6 Å². The monoisotopic (exact) mass is 268 g/mol. The van der Waals surface area contributed by atoms with Crippen molar-refractivity contribution in [2.75, 3.05) is 5.32 Å². The Kier molecular flexibility index (Phi) is 4.83. The highest BCUT2D eigenvalue weighted by molar-refractivity contribution is 5.92. The fourth-order valence-corrected chi connectivity index (χ4v) is 1.23. The van der Waals surface area contributed by atoms with E-state index < -0.39 is 35.4 Å². The molecule has 0 radical (unpaired) electrons. The van der Waals surface area contributed by atoms with Crippen LogP contribution in [0.25, 0.3) is 0 Å². The van der Waals surface area contributed by atoms with E-state index in [1.165, 1.54) is 0 Å². The van der Waals surface area contributed by atoms with Crippen LogP contribution in [-0.2, 0) is 4.79 Å². The van der Waals surface area contributed by atoms with Crippen molar-refractivity contribution in [2.24, 2.45) is 0 Å². The maximum atomic E-state index is 13.2. The number of anilines is 1. The third kappa shape index (κ3) is 4.27. The van der Waals surface area contributed by atoms with Gasteiger partial charge in [-0.05, 0) is 12.1 Å². The van der Waals surface area contributed by atoms with E-state index in [2.05, 4.69) is 5.92 Å². The van der Waals surface area contributed by atoms with Gasteiger partial charge in [-0.25, -0.2) is 18.4 Å². The van der Waals surface area contributed by atoms with Gasteiger partial charge < -0.3 is 15.7 Å². The van der Waals surface area contributed by atoms with Crippen LogP contribution in [0.5, 0.6) is 0 Å². The van der Waals surface area contributed by atoms with Crippen LogP contribution in [0.3, 0.4) is 0 Å². The zero-order chi connectivity index (χ0) is 14.4. The Morgan fingerprint density at radius 1 is 1.42 bits per heavy atom. The van der Waals surface area contributed by atoms with Crippen molar-refractivity contribution in [3.05, 3.63) is 29.8 Å². The van der Waals surface area contributed by atoms with Gasteiger partial charge in [0, 0.05) is 12.5 Å². The summed E-state index contributed by atoms with van der Waals surface area (Å²) < 4.78 is 26.1. The van der Waals surface area contributed by atoms with Gasteiger partial charge in [0.25, 0.3) is 0 Å². The lowest BCUT2D eigenvalue weighted by atomic mass is 10.2. The second kappa shape index (κ2) is 6.35. The number of urea groups is 1. The molecule has 2 amide bonds. The molecule has 5 nitrogen and oxygen atoms in total. The van der Waals surface area contributed by atoms with Crippen molar-refractivity contribution >= 4 is 17.7 Å². The number of hydrogen-bond acceptors (Lipinski definition) is 2. The van der Waals surface area contributed by atoms with E-state index in [-0.39, 0.29) is 6.42 Å². The van der Waals surface area contributed by atoms with Crippen LogP contribution in [0.15, 0.2) is 18.2 Å². The predicted octanol–water partition coefficient (Wildman–Crippen LogP) is 1.56. The van der Waals surface area contributed by atoms with Crippen LogP contribution in [0.1, 0.15) is 6.42 Å². The minimum Gasteiger partial charge on any atom is -0.480 e. The molecule has 1 unspecified atom stereocenters. The Morgan fingerprint density at radius 3 is 2.68 bits per heavy atom. The van der Waals surface area contributed by atoms with Gasteiger partial charge in [-0.1, -0.05) is 0 Å². The van der Waals surface area contributed by atoms with Crippen molar-refractivity contribution in [1.82, 2.24) is 5.32 Å².